The Morgan fingerprint density at radius 1 is 0.903 bits per heavy atom. The first-order valence-corrected chi connectivity index (χ1v) is 9.67. The van der Waals surface area contributed by atoms with Crippen LogP contribution in [0.25, 0.3) is 0 Å². The van der Waals surface area contributed by atoms with Crippen LogP contribution in [0.4, 0.5) is 14.5 Å². The molecule has 0 aliphatic carbocycles. The third-order valence-electron chi connectivity index (χ3n) is 5.14. The van der Waals surface area contributed by atoms with Crippen LogP contribution in [-0.2, 0) is 16.1 Å². The fourth-order valence-electron chi connectivity index (χ4n) is 3.61. The van der Waals surface area contributed by atoms with Gasteiger partial charge in [0.15, 0.2) is 0 Å². The van der Waals surface area contributed by atoms with E-state index in [1.807, 2.05) is 0 Å². The van der Waals surface area contributed by atoms with Crippen molar-refractivity contribution in [1.82, 2.24) is 4.90 Å². The lowest BCUT2D eigenvalue weighted by atomic mass is 10.1. The van der Waals surface area contributed by atoms with Gasteiger partial charge in [0.1, 0.15) is 17.7 Å². The molecule has 156 valence electrons. The van der Waals surface area contributed by atoms with Gasteiger partial charge >= 0.3 is 0 Å². The zero-order chi connectivity index (χ0) is 22.0. The predicted molar refractivity (Wildman–Crippen MR) is 110 cm³/mol. The third-order valence-corrected chi connectivity index (χ3v) is 5.14. The number of nitrogens with zero attached hydrogens (tertiary/aromatic N) is 2. The van der Waals surface area contributed by atoms with Gasteiger partial charge in [0.2, 0.25) is 5.91 Å². The molecule has 3 aromatic rings. The molecule has 3 amide bonds. The van der Waals surface area contributed by atoms with E-state index in [2.05, 4.69) is 0 Å². The molecule has 1 aliphatic heterocycles. The number of anilines is 1. The second-order valence-corrected chi connectivity index (χ2v) is 7.16. The van der Waals surface area contributed by atoms with Crippen molar-refractivity contribution >= 4 is 23.4 Å². The van der Waals surface area contributed by atoms with E-state index in [0.717, 1.165) is 11.0 Å². The summed E-state index contributed by atoms with van der Waals surface area (Å²) >= 11 is 0. The largest absolute Gasteiger partial charge is 0.322 e. The Morgan fingerprint density at radius 2 is 1.55 bits per heavy atom. The number of rotatable bonds is 5. The molecule has 1 fully saturated rings. The van der Waals surface area contributed by atoms with Gasteiger partial charge in [-0.2, -0.15) is 0 Å². The van der Waals surface area contributed by atoms with Crippen LogP contribution in [-0.4, -0.2) is 28.7 Å². The Morgan fingerprint density at radius 3 is 2.23 bits per heavy atom. The van der Waals surface area contributed by atoms with Crippen molar-refractivity contribution in [2.45, 2.75) is 19.0 Å². The van der Waals surface area contributed by atoms with Crippen LogP contribution >= 0.6 is 0 Å². The second-order valence-electron chi connectivity index (χ2n) is 7.16. The van der Waals surface area contributed by atoms with Crippen molar-refractivity contribution in [3.63, 3.8) is 0 Å². The number of imide groups is 1. The lowest BCUT2D eigenvalue weighted by molar-refractivity contribution is -0.122. The zero-order valence-corrected chi connectivity index (χ0v) is 16.4. The van der Waals surface area contributed by atoms with Crippen molar-refractivity contribution in [3.05, 3.63) is 102 Å². The molecule has 0 aromatic heterocycles. The van der Waals surface area contributed by atoms with Crippen LogP contribution in [0.3, 0.4) is 0 Å². The number of hydrogen-bond acceptors (Lipinski definition) is 3. The molecule has 5 nitrogen and oxygen atoms in total. The summed E-state index contributed by atoms with van der Waals surface area (Å²) in [7, 11) is 0. The minimum Gasteiger partial charge on any atom is -0.322 e. The molecular weight excluding hydrogens is 402 g/mol. The second kappa shape index (κ2) is 8.47. The van der Waals surface area contributed by atoms with Crippen LogP contribution < -0.4 is 4.90 Å². The summed E-state index contributed by atoms with van der Waals surface area (Å²) in [5.41, 5.74) is 0.743. The summed E-state index contributed by atoms with van der Waals surface area (Å²) < 4.78 is 27.7. The van der Waals surface area contributed by atoms with E-state index < -0.39 is 35.4 Å². The number of para-hydroxylation sites is 1. The molecule has 4 rings (SSSR count). The van der Waals surface area contributed by atoms with Gasteiger partial charge in [-0.3, -0.25) is 14.4 Å². The molecule has 31 heavy (non-hydrogen) atoms. The van der Waals surface area contributed by atoms with Crippen molar-refractivity contribution in [1.29, 1.82) is 0 Å². The summed E-state index contributed by atoms with van der Waals surface area (Å²) in [6.45, 7) is -0.0836. The number of benzene rings is 3. The molecule has 0 spiro atoms. The normalized spacial score (nSPS) is 15.9. The molecule has 1 saturated heterocycles. The molecule has 7 heteroatoms. The van der Waals surface area contributed by atoms with Crippen LogP contribution in [0.2, 0.25) is 0 Å². The number of halogens is 2. The van der Waals surface area contributed by atoms with E-state index in [4.69, 9.17) is 0 Å². The lowest BCUT2D eigenvalue weighted by Gasteiger charge is -2.28. The van der Waals surface area contributed by atoms with Crippen molar-refractivity contribution < 1.29 is 23.2 Å². The first kappa shape index (κ1) is 20.4. The summed E-state index contributed by atoms with van der Waals surface area (Å²) in [5, 5.41) is 0. The van der Waals surface area contributed by atoms with Crippen LogP contribution in [0.5, 0.6) is 0 Å². The Kier molecular flexibility index (Phi) is 5.58. The smallest absolute Gasteiger partial charge is 0.257 e. The van der Waals surface area contributed by atoms with E-state index >= 15 is 0 Å². The maximum Gasteiger partial charge on any atom is 0.257 e. The molecule has 3 aromatic carbocycles. The Hall–Kier alpha value is -3.87. The molecule has 1 heterocycles. The van der Waals surface area contributed by atoms with E-state index in [9.17, 15) is 23.2 Å². The average molecular weight is 420 g/mol. The van der Waals surface area contributed by atoms with E-state index in [1.165, 1.54) is 47.4 Å². The summed E-state index contributed by atoms with van der Waals surface area (Å²) in [4.78, 5) is 41.3. The topological polar surface area (TPSA) is 57.7 Å². The van der Waals surface area contributed by atoms with Gasteiger partial charge in [0, 0.05) is 6.54 Å². The highest BCUT2D eigenvalue weighted by molar-refractivity contribution is 6.23. The highest BCUT2D eigenvalue weighted by atomic mass is 19.1. The highest BCUT2D eigenvalue weighted by Crippen LogP contribution is 2.28. The van der Waals surface area contributed by atoms with Crippen molar-refractivity contribution in [3.8, 4) is 0 Å². The highest BCUT2D eigenvalue weighted by Gasteiger charge is 2.44. The predicted octanol–water partition coefficient (Wildman–Crippen LogP) is 3.94. The van der Waals surface area contributed by atoms with Gasteiger partial charge in [-0.1, -0.05) is 42.5 Å². The average Bonchev–Trinajstić information content (AvgIpc) is 3.07. The molecule has 0 bridgehead atoms. The van der Waals surface area contributed by atoms with Gasteiger partial charge in [-0.15, -0.1) is 0 Å². The SMILES string of the molecule is O=C1CC(N(Cc2ccc(F)cc2)C(=O)c2ccccc2F)C(=O)N1c1ccccc1. The Balaban J connectivity index is 1.71. The first-order valence-electron chi connectivity index (χ1n) is 9.67. The molecule has 0 N–H and O–H groups in total. The van der Waals surface area contributed by atoms with E-state index in [-0.39, 0.29) is 18.5 Å². The fourth-order valence-corrected chi connectivity index (χ4v) is 3.61. The molecule has 1 atom stereocenters. The van der Waals surface area contributed by atoms with E-state index in [1.54, 1.807) is 30.3 Å². The minimum absolute atomic E-state index is 0.0836. The Bertz CT molecular complexity index is 1130. The molecule has 0 saturated carbocycles. The van der Waals surface area contributed by atoms with Crippen molar-refractivity contribution in [2.24, 2.45) is 0 Å². The number of carbonyl (C=O) groups excluding carboxylic acids is 3. The molecule has 1 aliphatic rings. The molecule has 1 unspecified atom stereocenters. The molecular formula is C24H18F2N2O3. The lowest BCUT2D eigenvalue weighted by Crippen LogP contribution is -2.45. The number of hydrogen-bond donors (Lipinski definition) is 0. The van der Waals surface area contributed by atoms with Gasteiger partial charge in [0.05, 0.1) is 17.7 Å². The van der Waals surface area contributed by atoms with Gasteiger partial charge in [0.25, 0.3) is 11.8 Å². The maximum absolute atomic E-state index is 14.3. The Labute approximate surface area is 177 Å². The van der Waals surface area contributed by atoms with Gasteiger partial charge < -0.3 is 4.90 Å². The zero-order valence-electron chi connectivity index (χ0n) is 16.4. The van der Waals surface area contributed by atoms with Crippen LogP contribution in [0, 0.1) is 11.6 Å². The monoisotopic (exact) mass is 420 g/mol. The van der Waals surface area contributed by atoms with Gasteiger partial charge in [-0.25, -0.2) is 13.7 Å². The quantitative estimate of drug-likeness (QED) is 0.588. The number of carbonyl (C=O) groups is 3. The summed E-state index contributed by atoms with van der Waals surface area (Å²) in [5.74, 6) is -2.91. The number of amides is 3. The molecule has 0 radical (unpaired) electrons. The van der Waals surface area contributed by atoms with E-state index in [0.29, 0.717) is 11.3 Å². The maximum atomic E-state index is 14.3. The van der Waals surface area contributed by atoms with Crippen LogP contribution in [0.1, 0.15) is 22.3 Å². The standard InChI is InChI=1S/C24H18F2N2O3/c25-17-12-10-16(11-13-17)15-27(23(30)19-8-4-5-9-20(19)26)21-14-22(29)28(24(21)31)18-6-2-1-3-7-18/h1-13,21H,14-15H2. The summed E-state index contributed by atoms with van der Waals surface area (Å²) in [6.07, 6.45) is -0.227. The third kappa shape index (κ3) is 4.07. The minimum atomic E-state index is -1.11. The first-order chi connectivity index (χ1) is 15.0. The fraction of sp³-hybridized carbons (Fsp3) is 0.125. The van der Waals surface area contributed by atoms with Crippen LogP contribution in [0.15, 0.2) is 78.9 Å². The van der Waals surface area contributed by atoms with Crippen molar-refractivity contribution in [2.75, 3.05) is 4.90 Å². The van der Waals surface area contributed by atoms with Gasteiger partial charge in [-0.05, 0) is 42.0 Å². The summed E-state index contributed by atoms with van der Waals surface area (Å²) in [6, 6.07) is 18.2.